The van der Waals surface area contributed by atoms with Crippen LogP contribution >= 0.6 is 0 Å². The lowest BCUT2D eigenvalue weighted by Gasteiger charge is -2.45. The molecule has 2 amide bonds. The van der Waals surface area contributed by atoms with Gasteiger partial charge in [0.05, 0.1) is 5.60 Å². The highest BCUT2D eigenvalue weighted by Crippen LogP contribution is 2.25. The molecule has 0 aromatic heterocycles. The number of piperazine rings is 1. The van der Waals surface area contributed by atoms with Gasteiger partial charge in [0.15, 0.2) is 0 Å². The molecule has 0 aromatic carbocycles. The molecule has 1 unspecified atom stereocenters. The second-order valence-electron chi connectivity index (χ2n) is 6.58. The SMILES string of the molecule is CCCC1NC(=O)C(C)(C)N(CCC(C)(C)OC)C1=O. The molecular weight excluding hydrogens is 256 g/mol. The third kappa shape index (κ3) is 3.51. The quantitative estimate of drug-likeness (QED) is 0.808. The number of hydrogen-bond donors (Lipinski definition) is 1. The van der Waals surface area contributed by atoms with Crippen molar-refractivity contribution in [3.63, 3.8) is 0 Å². The Hall–Kier alpha value is -1.10. The lowest BCUT2D eigenvalue weighted by molar-refractivity contribution is -0.156. The van der Waals surface area contributed by atoms with E-state index in [1.54, 1.807) is 25.9 Å². The average molecular weight is 284 g/mol. The fourth-order valence-corrected chi connectivity index (χ4v) is 2.34. The molecule has 1 aliphatic heterocycles. The van der Waals surface area contributed by atoms with Crippen LogP contribution in [0.15, 0.2) is 0 Å². The van der Waals surface area contributed by atoms with Crippen molar-refractivity contribution in [2.24, 2.45) is 0 Å². The minimum Gasteiger partial charge on any atom is -0.379 e. The van der Waals surface area contributed by atoms with Gasteiger partial charge in [-0.3, -0.25) is 9.59 Å². The van der Waals surface area contributed by atoms with Crippen LogP contribution in [0.25, 0.3) is 0 Å². The number of carbonyl (C=O) groups is 2. The van der Waals surface area contributed by atoms with Crippen molar-refractivity contribution in [3.8, 4) is 0 Å². The van der Waals surface area contributed by atoms with Crippen LogP contribution in [0.3, 0.4) is 0 Å². The summed E-state index contributed by atoms with van der Waals surface area (Å²) in [5.74, 6) is -0.0610. The Kier molecular flexibility index (Phi) is 5.19. The molecule has 1 heterocycles. The fraction of sp³-hybridized carbons (Fsp3) is 0.867. The van der Waals surface area contributed by atoms with E-state index in [1.165, 1.54) is 0 Å². The summed E-state index contributed by atoms with van der Waals surface area (Å²) in [5, 5.41) is 2.84. The van der Waals surface area contributed by atoms with Crippen molar-refractivity contribution in [2.45, 2.75) is 71.1 Å². The van der Waals surface area contributed by atoms with Gasteiger partial charge in [-0.1, -0.05) is 13.3 Å². The lowest BCUT2D eigenvalue weighted by Crippen LogP contribution is -2.68. The monoisotopic (exact) mass is 284 g/mol. The number of nitrogens with zero attached hydrogens (tertiary/aromatic N) is 1. The topological polar surface area (TPSA) is 58.6 Å². The molecule has 0 saturated carbocycles. The van der Waals surface area contributed by atoms with Gasteiger partial charge in [0.25, 0.3) is 0 Å². The van der Waals surface area contributed by atoms with Gasteiger partial charge in [-0.15, -0.1) is 0 Å². The van der Waals surface area contributed by atoms with E-state index in [1.807, 2.05) is 20.8 Å². The number of methoxy groups -OCH3 is 1. The molecule has 0 aliphatic carbocycles. The Morgan fingerprint density at radius 2 is 1.95 bits per heavy atom. The summed E-state index contributed by atoms with van der Waals surface area (Å²) < 4.78 is 5.39. The van der Waals surface area contributed by atoms with Crippen molar-refractivity contribution in [1.82, 2.24) is 10.2 Å². The summed E-state index contributed by atoms with van der Waals surface area (Å²) in [6.07, 6.45) is 2.25. The standard InChI is InChI=1S/C15H28N2O3/c1-7-8-11-12(18)17(10-9-14(2,3)20-6)15(4,5)13(19)16-11/h11H,7-10H2,1-6H3,(H,16,19). The molecule has 1 fully saturated rings. The molecule has 5 nitrogen and oxygen atoms in total. The molecule has 0 bridgehead atoms. The van der Waals surface area contributed by atoms with Gasteiger partial charge >= 0.3 is 0 Å². The van der Waals surface area contributed by atoms with E-state index < -0.39 is 5.54 Å². The molecule has 0 aromatic rings. The number of rotatable bonds is 6. The van der Waals surface area contributed by atoms with E-state index in [2.05, 4.69) is 5.32 Å². The van der Waals surface area contributed by atoms with Crippen LogP contribution in [-0.4, -0.2) is 47.6 Å². The Morgan fingerprint density at radius 3 is 2.45 bits per heavy atom. The molecule has 0 spiro atoms. The van der Waals surface area contributed by atoms with Crippen molar-refractivity contribution < 1.29 is 14.3 Å². The van der Waals surface area contributed by atoms with Gasteiger partial charge in [-0.2, -0.15) is 0 Å². The number of carbonyl (C=O) groups excluding carboxylic acids is 2. The fourth-order valence-electron chi connectivity index (χ4n) is 2.34. The Morgan fingerprint density at radius 1 is 1.35 bits per heavy atom. The molecule has 1 rings (SSSR count). The normalized spacial score (nSPS) is 22.9. The minimum absolute atomic E-state index is 0.0170. The highest BCUT2D eigenvalue weighted by Gasteiger charge is 2.45. The zero-order valence-electron chi connectivity index (χ0n) is 13.6. The minimum atomic E-state index is -0.800. The molecule has 0 radical (unpaired) electrons. The third-order valence-corrected chi connectivity index (χ3v) is 4.17. The van der Waals surface area contributed by atoms with Gasteiger partial charge < -0.3 is 15.0 Å². The summed E-state index contributed by atoms with van der Waals surface area (Å²) >= 11 is 0. The first-order valence-electron chi connectivity index (χ1n) is 7.33. The summed E-state index contributed by atoms with van der Waals surface area (Å²) in [7, 11) is 1.66. The first-order chi connectivity index (χ1) is 9.15. The Labute approximate surface area is 122 Å². The van der Waals surface area contributed by atoms with Crippen molar-refractivity contribution >= 4 is 11.8 Å². The third-order valence-electron chi connectivity index (χ3n) is 4.17. The predicted molar refractivity (Wildman–Crippen MR) is 78.3 cm³/mol. The van der Waals surface area contributed by atoms with E-state index in [9.17, 15) is 9.59 Å². The molecular formula is C15H28N2O3. The number of hydrogen-bond acceptors (Lipinski definition) is 3. The zero-order chi connectivity index (χ0) is 15.6. The molecule has 116 valence electrons. The molecule has 5 heteroatoms. The van der Waals surface area contributed by atoms with Crippen LogP contribution in [0.1, 0.15) is 53.9 Å². The van der Waals surface area contributed by atoms with Crippen LogP contribution in [0.5, 0.6) is 0 Å². The Balaban J connectivity index is 2.87. The molecule has 1 aliphatic rings. The first kappa shape index (κ1) is 17.0. The van der Waals surface area contributed by atoms with Crippen LogP contribution in [-0.2, 0) is 14.3 Å². The number of nitrogens with one attached hydrogen (secondary N) is 1. The summed E-state index contributed by atoms with van der Waals surface area (Å²) in [6, 6.07) is -0.383. The van der Waals surface area contributed by atoms with Crippen molar-refractivity contribution in [1.29, 1.82) is 0 Å². The van der Waals surface area contributed by atoms with E-state index in [0.717, 1.165) is 6.42 Å². The molecule has 1 saturated heterocycles. The maximum absolute atomic E-state index is 12.6. The number of amides is 2. The summed E-state index contributed by atoms with van der Waals surface area (Å²) in [4.78, 5) is 26.5. The smallest absolute Gasteiger partial charge is 0.246 e. The second kappa shape index (κ2) is 6.12. The summed E-state index contributed by atoms with van der Waals surface area (Å²) in [5.41, 5.74) is -1.10. The lowest BCUT2D eigenvalue weighted by atomic mass is 9.92. The molecule has 1 atom stereocenters. The van der Waals surface area contributed by atoms with Gasteiger partial charge in [-0.25, -0.2) is 0 Å². The van der Waals surface area contributed by atoms with Crippen molar-refractivity contribution in [3.05, 3.63) is 0 Å². The number of ether oxygens (including phenoxy) is 1. The van der Waals surface area contributed by atoms with E-state index in [0.29, 0.717) is 19.4 Å². The maximum Gasteiger partial charge on any atom is 0.246 e. The predicted octanol–water partition coefficient (Wildman–Crippen LogP) is 1.71. The highest BCUT2D eigenvalue weighted by atomic mass is 16.5. The van der Waals surface area contributed by atoms with Crippen LogP contribution < -0.4 is 5.32 Å². The maximum atomic E-state index is 12.6. The Bertz CT molecular complexity index is 377. The molecule has 1 N–H and O–H groups in total. The van der Waals surface area contributed by atoms with Crippen LogP contribution in [0.4, 0.5) is 0 Å². The van der Waals surface area contributed by atoms with Gasteiger partial charge in [0, 0.05) is 13.7 Å². The largest absolute Gasteiger partial charge is 0.379 e. The van der Waals surface area contributed by atoms with Gasteiger partial charge in [0.1, 0.15) is 11.6 Å². The van der Waals surface area contributed by atoms with Crippen LogP contribution in [0, 0.1) is 0 Å². The van der Waals surface area contributed by atoms with Crippen LogP contribution in [0.2, 0.25) is 0 Å². The first-order valence-corrected chi connectivity index (χ1v) is 7.33. The molecule has 20 heavy (non-hydrogen) atoms. The second-order valence-corrected chi connectivity index (χ2v) is 6.58. The van der Waals surface area contributed by atoms with E-state index in [4.69, 9.17) is 4.74 Å². The van der Waals surface area contributed by atoms with Gasteiger partial charge in [-0.05, 0) is 40.5 Å². The van der Waals surface area contributed by atoms with Crippen molar-refractivity contribution in [2.75, 3.05) is 13.7 Å². The average Bonchev–Trinajstić information content (AvgIpc) is 2.36. The summed E-state index contributed by atoms with van der Waals surface area (Å²) in [6.45, 7) is 10.1. The van der Waals surface area contributed by atoms with E-state index >= 15 is 0 Å². The van der Waals surface area contributed by atoms with Gasteiger partial charge in [0.2, 0.25) is 11.8 Å². The zero-order valence-corrected chi connectivity index (χ0v) is 13.6. The highest BCUT2D eigenvalue weighted by molar-refractivity contribution is 5.99. The van der Waals surface area contributed by atoms with E-state index in [-0.39, 0.29) is 23.5 Å².